The molecule has 1 heterocycles. The fraction of sp³-hybridized carbons (Fsp3) is 0.222. The summed E-state index contributed by atoms with van der Waals surface area (Å²) in [5, 5.41) is 4.36. The zero-order chi connectivity index (χ0) is 18.7. The van der Waals surface area contributed by atoms with E-state index in [1.165, 1.54) is 35.3 Å². The number of hydrogen-bond acceptors (Lipinski definition) is 4. The van der Waals surface area contributed by atoms with Gasteiger partial charge in [-0.1, -0.05) is 24.3 Å². The van der Waals surface area contributed by atoms with Gasteiger partial charge < -0.3 is 10.5 Å². The van der Waals surface area contributed by atoms with E-state index in [-0.39, 0.29) is 11.8 Å². The van der Waals surface area contributed by atoms with Gasteiger partial charge in [-0.25, -0.2) is 9.67 Å². The summed E-state index contributed by atoms with van der Waals surface area (Å²) in [5.41, 5.74) is 8.33. The minimum Gasteiger partial charge on any atom is -0.406 e. The molecule has 0 aliphatic heterocycles. The molecule has 1 unspecified atom stereocenters. The third kappa shape index (κ3) is 4.60. The molecule has 1 atom stereocenters. The van der Waals surface area contributed by atoms with E-state index >= 15 is 0 Å². The van der Waals surface area contributed by atoms with Gasteiger partial charge in [0.15, 0.2) is 5.82 Å². The first-order valence-corrected chi connectivity index (χ1v) is 7.93. The average molecular weight is 362 g/mol. The van der Waals surface area contributed by atoms with Crippen molar-refractivity contribution in [3.63, 3.8) is 0 Å². The smallest absolute Gasteiger partial charge is 0.406 e. The van der Waals surface area contributed by atoms with Crippen LogP contribution in [0.5, 0.6) is 5.75 Å². The minimum atomic E-state index is -4.71. The van der Waals surface area contributed by atoms with Crippen molar-refractivity contribution in [3.8, 4) is 22.8 Å². The number of nitrogens with two attached hydrogens (primary N) is 1. The molecule has 0 saturated carbocycles. The first-order chi connectivity index (χ1) is 12.3. The van der Waals surface area contributed by atoms with Gasteiger partial charge in [0.1, 0.15) is 12.1 Å². The van der Waals surface area contributed by atoms with Crippen LogP contribution in [0.4, 0.5) is 13.2 Å². The fourth-order valence-electron chi connectivity index (χ4n) is 2.48. The van der Waals surface area contributed by atoms with Gasteiger partial charge >= 0.3 is 6.36 Å². The first kappa shape index (κ1) is 17.9. The quantitative estimate of drug-likeness (QED) is 0.751. The molecule has 1 aromatic heterocycles. The Kier molecular flexibility index (Phi) is 4.94. The molecule has 0 aliphatic carbocycles. The van der Waals surface area contributed by atoms with E-state index in [4.69, 9.17) is 5.73 Å². The SMILES string of the molecule is CC(N)Cc1ccc(-c2ncn(-c3ccc(OC(F)(F)F)cc3)n2)cc1. The molecule has 8 heteroatoms. The van der Waals surface area contributed by atoms with Crippen LogP contribution < -0.4 is 10.5 Å². The predicted octanol–water partition coefficient (Wildman–Crippen LogP) is 3.72. The van der Waals surface area contributed by atoms with Gasteiger partial charge in [-0.15, -0.1) is 18.3 Å². The van der Waals surface area contributed by atoms with Crippen molar-refractivity contribution in [1.82, 2.24) is 14.8 Å². The van der Waals surface area contributed by atoms with E-state index in [9.17, 15) is 13.2 Å². The van der Waals surface area contributed by atoms with Crippen molar-refractivity contribution in [2.24, 2.45) is 5.73 Å². The highest BCUT2D eigenvalue weighted by molar-refractivity contribution is 5.55. The zero-order valence-corrected chi connectivity index (χ0v) is 13.9. The first-order valence-electron chi connectivity index (χ1n) is 7.93. The number of halogens is 3. The van der Waals surface area contributed by atoms with Crippen molar-refractivity contribution in [2.45, 2.75) is 25.7 Å². The van der Waals surface area contributed by atoms with Crippen LogP contribution in [0.25, 0.3) is 17.1 Å². The molecular formula is C18H17F3N4O. The Morgan fingerprint density at radius 3 is 2.31 bits per heavy atom. The lowest BCUT2D eigenvalue weighted by molar-refractivity contribution is -0.274. The molecule has 0 amide bonds. The standard InChI is InChI=1S/C18H17F3N4O/c1-12(22)10-13-2-4-14(5-3-13)17-23-11-25(24-17)15-6-8-16(9-7-15)26-18(19,20)21/h2-9,11-12H,10,22H2,1H3. The lowest BCUT2D eigenvalue weighted by Gasteiger charge is -2.09. The topological polar surface area (TPSA) is 66.0 Å². The van der Waals surface area contributed by atoms with E-state index in [1.54, 1.807) is 0 Å². The molecular weight excluding hydrogens is 345 g/mol. The van der Waals surface area contributed by atoms with Crippen molar-refractivity contribution < 1.29 is 17.9 Å². The number of alkyl halides is 3. The number of aromatic nitrogens is 3. The van der Waals surface area contributed by atoms with Crippen LogP contribution in [0.15, 0.2) is 54.9 Å². The molecule has 0 fully saturated rings. The molecule has 0 aliphatic rings. The minimum absolute atomic E-state index is 0.0856. The van der Waals surface area contributed by atoms with Gasteiger partial charge in [0.2, 0.25) is 0 Å². The molecule has 5 nitrogen and oxygen atoms in total. The molecule has 0 radical (unpaired) electrons. The maximum atomic E-state index is 12.2. The lowest BCUT2D eigenvalue weighted by atomic mass is 10.1. The van der Waals surface area contributed by atoms with Gasteiger partial charge in [-0.05, 0) is 43.2 Å². The second-order valence-electron chi connectivity index (χ2n) is 5.93. The highest BCUT2D eigenvalue weighted by Gasteiger charge is 2.30. The number of benzene rings is 2. The monoisotopic (exact) mass is 362 g/mol. The van der Waals surface area contributed by atoms with Crippen molar-refractivity contribution in [3.05, 3.63) is 60.4 Å². The third-order valence-corrected chi connectivity index (χ3v) is 3.60. The van der Waals surface area contributed by atoms with Gasteiger partial charge in [0.05, 0.1) is 5.69 Å². The van der Waals surface area contributed by atoms with E-state index in [1.807, 2.05) is 31.2 Å². The molecule has 136 valence electrons. The van der Waals surface area contributed by atoms with Crippen LogP contribution in [0.1, 0.15) is 12.5 Å². The summed E-state index contributed by atoms with van der Waals surface area (Å²) in [6, 6.07) is 13.3. The summed E-state index contributed by atoms with van der Waals surface area (Å²) in [5.74, 6) is 0.235. The van der Waals surface area contributed by atoms with E-state index in [2.05, 4.69) is 14.8 Å². The summed E-state index contributed by atoms with van der Waals surface area (Å²) >= 11 is 0. The summed E-state index contributed by atoms with van der Waals surface area (Å²) < 4.78 is 41.9. The summed E-state index contributed by atoms with van der Waals surface area (Å²) in [6.45, 7) is 1.95. The molecule has 2 aromatic carbocycles. The van der Waals surface area contributed by atoms with Crippen LogP contribution in [0, 0.1) is 0 Å². The van der Waals surface area contributed by atoms with Crippen LogP contribution in [0.2, 0.25) is 0 Å². The van der Waals surface area contributed by atoms with Crippen molar-refractivity contribution in [1.29, 1.82) is 0 Å². The Hall–Kier alpha value is -2.87. The third-order valence-electron chi connectivity index (χ3n) is 3.60. The van der Waals surface area contributed by atoms with E-state index in [0.717, 1.165) is 17.5 Å². The summed E-state index contributed by atoms with van der Waals surface area (Å²) in [6.07, 6.45) is -2.42. The molecule has 0 saturated heterocycles. The molecule has 3 rings (SSSR count). The highest BCUT2D eigenvalue weighted by Crippen LogP contribution is 2.24. The Labute approximate surface area is 148 Å². The number of nitrogens with zero attached hydrogens (tertiary/aromatic N) is 3. The Bertz CT molecular complexity index is 855. The Morgan fingerprint density at radius 1 is 1.08 bits per heavy atom. The zero-order valence-electron chi connectivity index (χ0n) is 13.9. The van der Waals surface area contributed by atoms with Gasteiger partial charge in [-0.3, -0.25) is 0 Å². The van der Waals surface area contributed by atoms with Crippen LogP contribution in [-0.4, -0.2) is 27.2 Å². The van der Waals surface area contributed by atoms with Crippen molar-refractivity contribution >= 4 is 0 Å². The number of rotatable bonds is 5. The molecule has 0 spiro atoms. The van der Waals surface area contributed by atoms with Crippen molar-refractivity contribution in [2.75, 3.05) is 0 Å². The fourth-order valence-corrected chi connectivity index (χ4v) is 2.48. The summed E-state index contributed by atoms with van der Waals surface area (Å²) in [7, 11) is 0. The Balaban J connectivity index is 1.75. The molecule has 2 N–H and O–H groups in total. The van der Waals surface area contributed by atoms with Crippen LogP contribution >= 0.6 is 0 Å². The summed E-state index contributed by atoms with van der Waals surface area (Å²) in [4.78, 5) is 4.25. The Morgan fingerprint density at radius 2 is 1.73 bits per heavy atom. The normalized spacial score (nSPS) is 12.8. The van der Waals surface area contributed by atoms with E-state index < -0.39 is 6.36 Å². The van der Waals surface area contributed by atoms with Crippen LogP contribution in [-0.2, 0) is 6.42 Å². The molecule has 26 heavy (non-hydrogen) atoms. The number of ether oxygens (including phenoxy) is 1. The number of hydrogen-bond donors (Lipinski definition) is 1. The highest BCUT2D eigenvalue weighted by atomic mass is 19.4. The van der Waals surface area contributed by atoms with E-state index in [0.29, 0.717) is 11.5 Å². The second-order valence-corrected chi connectivity index (χ2v) is 5.93. The lowest BCUT2D eigenvalue weighted by Crippen LogP contribution is -2.17. The average Bonchev–Trinajstić information content (AvgIpc) is 3.04. The molecule has 0 bridgehead atoms. The molecule has 3 aromatic rings. The van der Waals surface area contributed by atoms with Gasteiger partial charge in [0, 0.05) is 11.6 Å². The predicted molar refractivity (Wildman–Crippen MR) is 90.8 cm³/mol. The van der Waals surface area contributed by atoms with Gasteiger partial charge in [-0.2, -0.15) is 0 Å². The second kappa shape index (κ2) is 7.17. The maximum Gasteiger partial charge on any atom is 0.573 e. The largest absolute Gasteiger partial charge is 0.573 e. The maximum absolute atomic E-state index is 12.2. The van der Waals surface area contributed by atoms with Crippen LogP contribution in [0.3, 0.4) is 0 Å². The van der Waals surface area contributed by atoms with Gasteiger partial charge in [0.25, 0.3) is 0 Å².